The Morgan fingerprint density at radius 1 is 1.00 bits per heavy atom. The van der Waals surface area contributed by atoms with Crippen LogP contribution in [0.1, 0.15) is 59.5 Å². The van der Waals surface area contributed by atoms with Gasteiger partial charge in [-0.1, -0.05) is 76.1 Å². The van der Waals surface area contributed by atoms with Gasteiger partial charge in [-0.2, -0.15) is 0 Å². The van der Waals surface area contributed by atoms with Crippen LogP contribution in [0.5, 0.6) is 0 Å². The molecule has 0 aliphatic heterocycles. The van der Waals surface area contributed by atoms with Gasteiger partial charge in [-0.05, 0) is 74.4 Å². The summed E-state index contributed by atoms with van der Waals surface area (Å²) < 4.78 is 0.867. The Hall–Kier alpha value is -3.22. The normalized spacial score (nSPS) is 24.0. The van der Waals surface area contributed by atoms with E-state index in [1.165, 1.54) is 0 Å². The molecule has 3 fully saturated rings. The number of aromatic nitrogens is 1. The number of carboxylic acids is 1. The fourth-order valence-corrected chi connectivity index (χ4v) is 7.41. The molecule has 1 amide bonds. The average Bonchev–Trinajstić information content (AvgIpc) is 2.94. The summed E-state index contributed by atoms with van der Waals surface area (Å²) in [6.45, 7) is 1.95. The van der Waals surface area contributed by atoms with E-state index >= 15 is 0 Å². The Kier molecular flexibility index (Phi) is 6.51. The quantitative estimate of drug-likeness (QED) is 0.243. The fraction of sp³-hybridized carbons (Fsp3) is 0.281. The maximum absolute atomic E-state index is 14.4. The Morgan fingerprint density at radius 2 is 1.69 bits per heavy atom. The molecule has 39 heavy (non-hydrogen) atoms. The van der Waals surface area contributed by atoms with E-state index in [4.69, 9.17) is 16.6 Å². The van der Waals surface area contributed by atoms with Crippen LogP contribution in [0.2, 0.25) is 5.02 Å². The molecule has 1 heterocycles. The number of rotatable bonds is 5. The minimum absolute atomic E-state index is 0.169. The minimum Gasteiger partial charge on any atom is -0.481 e. The zero-order chi connectivity index (χ0) is 27.4. The van der Waals surface area contributed by atoms with Crippen molar-refractivity contribution in [2.75, 3.05) is 0 Å². The van der Waals surface area contributed by atoms with E-state index in [0.717, 1.165) is 37.8 Å². The van der Waals surface area contributed by atoms with Crippen molar-refractivity contribution in [3.05, 3.63) is 99.0 Å². The van der Waals surface area contributed by atoms with Gasteiger partial charge in [0.1, 0.15) is 0 Å². The van der Waals surface area contributed by atoms with Gasteiger partial charge in [-0.25, -0.2) is 4.98 Å². The van der Waals surface area contributed by atoms with E-state index in [0.29, 0.717) is 42.7 Å². The van der Waals surface area contributed by atoms with Crippen molar-refractivity contribution in [2.45, 2.75) is 50.5 Å². The van der Waals surface area contributed by atoms with Gasteiger partial charge in [-0.3, -0.25) is 9.59 Å². The highest BCUT2D eigenvalue weighted by Gasteiger charge is 2.59. The first-order valence-electron chi connectivity index (χ1n) is 13.2. The highest BCUT2D eigenvalue weighted by molar-refractivity contribution is 9.10. The van der Waals surface area contributed by atoms with Crippen molar-refractivity contribution < 1.29 is 14.7 Å². The lowest BCUT2D eigenvalue weighted by atomic mass is 9.51. The molecule has 0 saturated heterocycles. The van der Waals surface area contributed by atoms with E-state index in [1.54, 1.807) is 0 Å². The van der Waals surface area contributed by atoms with Gasteiger partial charge in [0, 0.05) is 31.9 Å². The van der Waals surface area contributed by atoms with Crippen LogP contribution >= 0.6 is 27.5 Å². The number of aliphatic carboxylic acids is 1. The van der Waals surface area contributed by atoms with Crippen LogP contribution in [0, 0.1) is 12.3 Å². The molecule has 3 aromatic carbocycles. The van der Waals surface area contributed by atoms with Crippen molar-refractivity contribution in [3.63, 3.8) is 0 Å². The molecule has 7 heteroatoms. The van der Waals surface area contributed by atoms with Gasteiger partial charge in [-0.15, -0.1) is 0 Å². The summed E-state index contributed by atoms with van der Waals surface area (Å²) in [6.07, 6.45) is 2.67. The molecule has 5 nitrogen and oxygen atoms in total. The minimum atomic E-state index is -0.791. The monoisotopic (exact) mass is 602 g/mol. The number of pyridine rings is 1. The first kappa shape index (κ1) is 26.0. The van der Waals surface area contributed by atoms with Crippen LogP contribution in [-0.2, 0) is 4.79 Å². The summed E-state index contributed by atoms with van der Waals surface area (Å²) in [5, 5.41) is 15.0. The van der Waals surface area contributed by atoms with Crippen LogP contribution in [0.15, 0.2) is 77.3 Å². The topological polar surface area (TPSA) is 79.3 Å². The second kappa shape index (κ2) is 9.76. The van der Waals surface area contributed by atoms with Gasteiger partial charge in [0.2, 0.25) is 0 Å². The molecule has 2 bridgehead atoms. The maximum atomic E-state index is 14.4. The van der Waals surface area contributed by atoms with E-state index in [2.05, 4.69) is 21.2 Å². The summed E-state index contributed by atoms with van der Waals surface area (Å²) in [5.41, 5.74) is 3.37. The summed E-state index contributed by atoms with van der Waals surface area (Å²) in [5.74, 6) is -1.13. The summed E-state index contributed by atoms with van der Waals surface area (Å²) in [6, 6.07) is 23.3. The second-order valence-electron chi connectivity index (χ2n) is 11.0. The first-order chi connectivity index (χ1) is 18.7. The zero-order valence-electron chi connectivity index (χ0n) is 21.5. The van der Waals surface area contributed by atoms with E-state index in [9.17, 15) is 14.7 Å². The van der Waals surface area contributed by atoms with Crippen molar-refractivity contribution in [3.8, 4) is 11.3 Å². The number of carbonyl (C=O) groups is 2. The number of hydrogen-bond acceptors (Lipinski definition) is 3. The van der Waals surface area contributed by atoms with Crippen molar-refractivity contribution >= 4 is 50.3 Å². The number of carbonyl (C=O) groups excluding carboxylic acids is 1. The highest BCUT2D eigenvalue weighted by Crippen LogP contribution is 2.59. The molecular formula is C32H28BrClN2O3. The van der Waals surface area contributed by atoms with Crippen LogP contribution in [-0.4, -0.2) is 27.5 Å². The highest BCUT2D eigenvalue weighted by atomic mass is 79.9. The van der Waals surface area contributed by atoms with Crippen molar-refractivity contribution in [1.82, 2.24) is 10.3 Å². The lowest BCUT2D eigenvalue weighted by molar-refractivity contribution is -0.157. The average molecular weight is 604 g/mol. The SMILES string of the molecule is Cc1c(-c2ccccc2)nc2ccc(Br)cc2c1C(=O)NC12CCC(C(=O)O)(CC1)C[C@H]2c1ccccc1Cl. The fourth-order valence-electron chi connectivity index (χ4n) is 6.78. The van der Waals surface area contributed by atoms with Crippen LogP contribution in [0.25, 0.3) is 22.2 Å². The van der Waals surface area contributed by atoms with E-state index < -0.39 is 16.9 Å². The lowest BCUT2D eigenvalue weighted by Gasteiger charge is -2.56. The van der Waals surface area contributed by atoms with Gasteiger partial charge < -0.3 is 10.4 Å². The Bertz CT molecular complexity index is 1610. The molecule has 3 saturated carbocycles. The maximum Gasteiger partial charge on any atom is 0.309 e. The van der Waals surface area contributed by atoms with Crippen LogP contribution in [0.4, 0.5) is 0 Å². The van der Waals surface area contributed by atoms with Gasteiger partial charge in [0.25, 0.3) is 5.91 Å². The molecular weight excluding hydrogens is 576 g/mol. The van der Waals surface area contributed by atoms with Crippen LogP contribution < -0.4 is 5.32 Å². The molecule has 7 rings (SSSR count). The second-order valence-corrected chi connectivity index (χ2v) is 12.3. The molecule has 198 valence electrons. The molecule has 0 unspecified atom stereocenters. The number of halogens is 2. The summed E-state index contributed by atoms with van der Waals surface area (Å²) in [4.78, 5) is 31.7. The van der Waals surface area contributed by atoms with E-state index in [-0.39, 0.29) is 11.8 Å². The predicted molar refractivity (Wildman–Crippen MR) is 157 cm³/mol. The molecule has 0 radical (unpaired) electrons. The molecule has 0 spiro atoms. The molecule has 3 aliphatic carbocycles. The summed E-state index contributed by atoms with van der Waals surface area (Å²) >= 11 is 10.2. The van der Waals surface area contributed by atoms with E-state index in [1.807, 2.05) is 79.7 Å². The Labute approximate surface area is 240 Å². The third kappa shape index (κ3) is 4.34. The standard InChI is InChI=1S/C32H28BrClN2O3/c1-19-27(23-17-21(33)11-12-26(23)35-28(19)20-7-3-2-4-8-20)29(37)36-32-15-13-31(14-16-32,30(38)39)18-24(32)22-9-5-6-10-25(22)34/h2-12,17,24H,13-16,18H2,1H3,(H,36,37)(H,38,39)/t24-,31?,32?/m0/s1. The van der Waals surface area contributed by atoms with Gasteiger partial charge in [0.15, 0.2) is 0 Å². The number of benzene rings is 3. The molecule has 4 aromatic rings. The molecule has 1 atom stereocenters. The van der Waals surface area contributed by atoms with Crippen molar-refractivity contribution in [1.29, 1.82) is 0 Å². The first-order valence-corrected chi connectivity index (χ1v) is 14.4. The molecule has 2 N–H and O–H groups in total. The third-order valence-corrected chi connectivity index (χ3v) is 9.76. The Balaban J connectivity index is 1.48. The van der Waals surface area contributed by atoms with Crippen LogP contribution in [0.3, 0.4) is 0 Å². The number of amides is 1. The molecule has 1 aromatic heterocycles. The van der Waals surface area contributed by atoms with Gasteiger partial charge in [0.05, 0.1) is 22.2 Å². The number of hydrogen-bond donors (Lipinski definition) is 2. The smallest absolute Gasteiger partial charge is 0.309 e. The Morgan fingerprint density at radius 3 is 2.38 bits per heavy atom. The van der Waals surface area contributed by atoms with Gasteiger partial charge >= 0.3 is 5.97 Å². The zero-order valence-corrected chi connectivity index (χ0v) is 23.8. The third-order valence-electron chi connectivity index (χ3n) is 8.92. The number of carboxylic acid groups (broad SMARTS) is 1. The number of nitrogens with one attached hydrogen (secondary N) is 1. The predicted octanol–water partition coefficient (Wildman–Crippen LogP) is 7.93. The molecule has 3 aliphatic rings. The largest absolute Gasteiger partial charge is 0.481 e. The summed E-state index contributed by atoms with van der Waals surface area (Å²) in [7, 11) is 0. The lowest BCUT2D eigenvalue weighted by Crippen LogP contribution is -2.62. The van der Waals surface area contributed by atoms with Crippen molar-refractivity contribution in [2.24, 2.45) is 5.41 Å². The number of fused-ring (bicyclic) bond motifs is 4. The number of nitrogens with zero attached hydrogens (tertiary/aromatic N) is 1.